The molecule has 18 heavy (non-hydrogen) atoms. The van der Waals surface area contributed by atoms with Crippen molar-refractivity contribution in [2.45, 2.75) is 32.7 Å². The van der Waals surface area contributed by atoms with Crippen LogP contribution in [0.3, 0.4) is 0 Å². The lowest BCUT2D eigenvalue weighted by Crippen LogP contribution is -2.53. The Bertz CT molecular complexity index is 483. The van der Waals surface area contributed by atoms with E-state index in [9.17, 15) is 9.59 Å². The number of aryl methyl sites for hydroxylation is 1. The maximum atomic E-state index is 12.0. The fourth-order valence-corrected chi connectivity index (χ4v) is 1.34. The van der Waals surface area contributed by atoms with E-state index in [1.54, 1.807) is 19.9 Å². The first-order chi connectivity index (χ1) is 8.26. The summed E-state index contributed by atoms with van der Waals surface area (Å²) < 4.78 is 0. The van der Waals surface area contributed by atoms with Gasteiger partial charge >= 0.3 is 0 Å². The Balaban J connectivity index is 2.98. The smallest absolute Gasteiger partial charge is 0.252 e. The molecule has 6 nitrogen and oxygen atoms in total. The fraction of sp³-hybridized carbons (Fsp3) is 0.417. The first kappa shape index (κ1) is 14.0. The predicted octanol–water partition coefficient (Wildman–Crippen LogP) is 0.220. The molecular formula is C12H18N4O2. The Morgan fingerprint density at radius 2 is 2.00 bits per heavy atom. The SMILES string of the molecule is CCc1cc(C(=O)NC(C)(C)C(N)=O)cc(N)n1. The molecule has 98 valence electrons. The molecule has 1 heterocycles. The summed E-state index contributed by atoms with van der Waals surface area (Å²) >= 11 is 0. The van der Waals surface area contributed by atoms with Crippen molar-refractivity contribution < 1.29 is 9.59 Å². The number of nitrogen functional groups attached to an aromatic ring is 1. The molecule has 0 spiro atoms. The van der Waals surface area contributed by atoms with E-state index in [1.165, 1.54) is 6.07 Å². The molecular weight excluding hydrogens is 232 g/mol. The summed E-state index contributed by atoms with van der Waals surface area (Å²) in [6, 6.07) is 3.11. The molecule has 2 amide bonds. The standard InChI is InChI=1S/C12H18N4O2/c1-4-8-5-7(6-9(13)15-8)10(17)16-12(2,3)11(14)18/h5-6H,4H2,1-3H3,(H2,13,15)(H2,14,18)(H,16,17). The predicted molar refractivity (Wildman–Crippen MR) is 68.8 cm³/mol. The van der Waals surface area contributed by atoms with Crippen molar-refractivity contribution in [1.29, 1.82) is 0 Å². The summed E-state index contributed by atoms with van der Waals surface area (Å²) in [5.74, 6) is -0.729. The van der Waals surface area contributed by atoms with Gasteiger partial charge in [0.25, 0.3) is 5.91 Å². The van der Waals surface area contributed by atoms with E-state index >= 15 is 0 Å². The number of amides is 2. The van der Waals surface area contributed by atoms with Crippen LogP contribution in [0.5, 0.6) is 0 Å². The van der Waals surface area contributed by atoms with E-state index in [0.29, 0.717) is 12.0 Å². The first-order valence-electron chi connectivity index (χ1n) is 5.65. The van der Waals surface area contributed by atoms with Crippen LogP contribution in [0.1, 0.15) is 36.8 Å². The van der Waals surface area contributed by atoms with Gasteiger partial charge in [-0.1, -0.05) is 6.92 Å². The molecule has 0 aromatic carbocycles. The number of nitrogens with zero attached hydrogens (tertiary/aromatic N) is 1. The molecule has 6 heteroatoms. The van der Waals surface area contributed by atoms with Gasteiger partial charge in [0.1, 0.15) is 11.4 Å². The van der Waals surface area contributed by atoms with Crippen LogP contribution in [0.25, 0.3) is 0 Å². The minimum Gasteiger partial charge on any atom is -0.384 e. The van der Waals surface area contributed by atoms with Crippen molar-refractivity contribution >= 4 is 17.6 Å². The van der Waals surface area contributed by atoms with Gasteiger partial charge in [0, 0.05) is 11.3 Å². The van der Waals surface area contributed by atoms with E-state index < -0.39 is 17.4 Å². The van der Waals surface area contributed by atoms with Crippen molar-refractivity contribution in [3.63, 3.8) is 0 Å². The van der Waals surface area contributed by atoms with E-state index in [4.69, 9.17) is 11.5 Å². The minimum atomic E-state index is -1.11. The zero-order chi connectivity index (χ0) is 13.9. The molecule has 5 N–H and O–H groups in total. The zero-order valence-electron chi connectivity index (χ0n) is 10.8. The van der Waals surface area contributed by atoms with Crippen molar-refractivity contribution in [3.8, 4) is 0 Å². The Kier molecular flexibility index (Phi) is 3.90. The summed E-state index contributed by atoms with van der Waals surface area (Å²) in [6.07, 6.45) is 0.671. The maximum Gasteiger partial charge on any atom is 0.252 e. The maximum absolute atomic E-state index is 12.0. The highest BCUT2D eigenvalue weighted by molar-refractivity contribution is 5.99. The minimum absolute atomic E-state index is 0.274. The number of primary amides is 1. The fourth-order valence-electron chi connectivity index (χ4n) is 1.34. The van der Waals surface area contributed by atoms with Gasteiger partial charge in [0.05, 0.1) is 0 Å². The average Bonchev–Trinajstić information content (AvgIpc) is 2.27. The number of carbonyl (C=O) groups excluding carboxylic acids is 2. The first-order valence-corrected chi connectivity index (χ1v) is 5.65. The number of pyridine rings is 1. The summed E-state index contributed by atoms with van der Waals surface area (Å²) in [6.45, 7) is 4.99. The van der Waals surface area contributed by atoms with Crippen molar-refractivity contribution in [3.05, 3.63) is 23.4 Å². The molecule has 0 fully saturated rings. The Labute approximate surface area is 106 Å². The van der Waals surface area contributed by atoms with Crippen LogP contribution in [0, 0.1) is 0 Å². The number of nitrogens with two attached hydrogens (primary N) is 2. The third-order valence-electron chi connectivity index (χ3n) is 2.56. The molecule has 0 atom stereocenters. The van der Waals surface area contributed by atoms with Crippen LogP contribution in [0.2, 0.25) is 0 Å². The number of nitrogens with one attached hydrogen (secondary N) is 1. The van der Waals surface area contributed by atoms with E-state index in [-0.39, 0.29) is 5.82 Å². The van der Waals surface area contributed by atoms with Gasteiger partial charge in [-0.25, -0.2) is 4.98 Å². The van der Waals surface area contributed by atoms with Gasteiger partial charge in [-0.15, -0.1) is 0 Å². The van der Waals surface area contributed by atoms with Crippen molar-refractivity contribution in [2.75, 3.05) is 5.73 Å². The van der Waals surface area contributed by atoms with Crippen LogP contribution in [0.15, 0.2) is 12.1 Å². The lowest BCUT2D eigenvalue weighted by Gasteiger charge is -2.22. The number of carbonyl (C=O) groups is 2. The molecule has 1 rings (SSSR count). The number of rotatable bonds is 4. The van der Waals surface area contributed by atoms with Crippen LogP contribution < -0.4 is 16.8 Å². The third-order valence-corrected chi connectivity index (χ3v) is 2.56. The highest BCUT2D eigenvalue weighted by Crippen LogP contribution is 2.10. The monoisotopic (exact) mass is 250 g/mol. The third kappa shape index (κ3) is 3.19. The molecule has 1 aromatic heterocycles. The molecule has 0 aliphatic carbocycles. The summed E-state index contributed by atoms with van der Waals surface area (Å²) in [5, 5.41) is 2.55. The second-order valence-electron chi connectivity index (χ2n) is 4.57. The van der Waals surface area contributed by atoms with E-state index in [2.05, 4.69) is 10.3 Å². The Morgan fingerprint density at radius 1 is 1.39 bits per heavy atom. The second kappa shape index (κ2) is 5.03. The Hall–Kier alpha value is -2.11. The summed E-state index contributed by atoms with van der Waals surface area (Å²) in [5.41, 5.74) is 10.8. The van der Waals surface area contributed by atoms with Crippen molar-refractivity contribution in [2.24, 2.45) is 5.73 Å². The zero-order valence-corrected chi connectivity index (χ0v) is 10.8. The molecule has 0 unspecified atom stereocenters. The molecule has 1 aromatic rings. The van der Waals surface area contributed by atoms with Gasteiger partial charge in [-0.3, -0.25) is 9.59 Å². The largest absolute Gasteiger partial charge is 0.384 e. The van der Waals surface area contributed by atoms with Crippen LogP contribution in [-0.4, -0.2) is 22.3 Å². The average molecular weight is 250 g/mol. The normalized spacial score (nSPS) is 11.1. The number of anilines is 1. The summed E-state index contributed by atoms with van der Waals surface area (Å²) in [4.78, 5) is 27.2. The van der Waals surface area contributed by atoms with Gasteiger partial charge in [-0.2, -0.15) is 0 Å². The molecule has 0 saturated carbocycles. The lowest BCUT2D eigenvalue weighted by atomic mass is 10.0. The Morgan fingerprint density at radius 3 is 2.50 bits per heavy atom. The second-order valence-corrected chi connectivity index (χ2v) is 4.57. The van der Waals surface area contributed by atoms with E-state index in [1.807, 2.05) is 6.92 Å². The number of hydrogen-bond donors (Lipinski definition) is 3. The molecule has 0 radical (unpaired) electrons. The highest BCUT2D eigenvalue weighted by Gasteiger charge is 2.27. The van der Waals surface area contributed by atoms with E-state index in [0.717, 1.165) is 5.69 Å². The highest BCUT2D eigenvalue weighted by atomic mass is 16.2. The molecule has 0 saturated heterocycles. The lowest BCUT2D eigenvalue weighted by molar-refractivity contribution is -0.122. The van der Waals surface area contributed by atoms with Gasteiger partial charge in [0.15, 0.2) is 0 Å². The van der Waals surface area contributed by atoms with Crippen LogP contribution in [0.4, 0.5) is 5.82 Å². The van der Waals surface area contributed by atoms with Crippen LogP contribution >= 0.6 is 0 Å². The molecule has 0 bridgehead atoms. The topological polar surface area (TPSA) is 111 Å². The summed E-state index contributed by atoms with van der Waals surface area (Å²) in [7, 11) is 0. The number of aromatic nitrogens is 1. The number of hydrogen-bond acceptors (Lipinski definition) is 4. The van der Waals surface area contributed by atoms with Gasteiger partial charge < -0.3 is 16.8 Å². The van der Waals surface area contributed by atoms with Crippen molar-refractivity contribution in [1.82, 2.24) is 10.3 Å². The van der Waals surface area contributed by atoms with Gasteiger partial charge in [0.2, 0.25) is 5.91 Å². The molecule has 0 aliphatic heterocycles. The van der Waals surface area contributed by atoms with Crippen LogP contribution in [-0.2, 0) is 11.2 Å². The molecule has 0 aliphatic rings. The van der Waals surface area contributed by atoms with Gasteiger partial charge in [-0.05, 0) is 32.4 Å². The quantitative estimate of drug-likeness (QED) is 0.709.